The van der Waals surface area contributed by atoms with Crippen molar-refractivity contribution in [1.29, 1.82) is 0 Å². The van der Waals surface area contributed by atoms with E-state index in [0.29, 0.717) is 11.4 Å². The Morgan fingerprint density at radius 3 is 2.88 bits per heavy atom. The minimum atomic E-state index is -0.298. The average molecular weight is 255 g/mol. The third kappa shape index (κ3) is 1.70. The molecular weight excluding hydrogens is 244 g/mol. The smallest absolute Gasteiger partial charge is 0.339 e. The van der Waals surface area contributed by atoms with Crippen molar-refractivity contribution >= 4 is 39.0 Å². The van der Waals surface area contributed by atoms with Gasteiger partial charge in [-0.2, -0.15) is 0 Å². The Hall–Kier alpha value is -1.06. The molecule has 0 aliphatic heterocycles. The van der Waals surface area contributed by atoms with E-state index >= 15 is 0 Å². The average Bonchev–Trinajstić information content (AvgIpc) is 2.63. The van der Waals surface area contributed by atoms with Gasteiger partial charge in [0, 0.05) is 15.5 Å². The Morgan fingerprint density at radius 2 is 2.25 bits per heavy atom. The molecule has 0 amide bonds. The summed E-state index contributed by atoms with van der Waals surface area (Å²) in [5.74, 6) is 0.171. The summed E-state index contributed by atoms with van der Waals surface area (Å²) in [5.41, 5.74) is 1.72. The largest absolute Gasteiger partial charge is 0.465 e. The highest BCUT2D eigenvalue weighted by Gasteiger charge is 2.15. The lowest BCUT2D eigenvalue weighted by molar-refractivity contribution is 0.0603. The minimum Gasteiger partial charge on any atom is -0.465 e. The third-order valence-electron chi connectivity index (χ3n) is 2.56. The lowest BCUT2D eigenvalue weighted by Gasteiger charge is -2.00. The second-order valence-corrected chi connectivity index (χ2v) is 4.94. The summed E-state index contributed by atoms with van der Waals surface area (Å²) < 4.78 is 5.72. The number of hydrogen-bond donors (Lipinski definition) is 0. The predicted octanol–water partition coefficient (Wildman–Crippen LogP) is 3.74. The van der Waals surface area contributed by atoms with Crippen LogP contribution in [0, 0.1) is 6.92 Å². The zero-order chi connectivity index (χ0) is 11.7. The van der Waals surface area contributed by atoms with Crippen LogP contribution in [0.3, 0.4) is 0 Å². The van der Waals surface area contributed by atoms with Crippen LogP contribution in [0.1, 0.15) is 20.8 Å². The van der Waals surface area contributed by atoms with E-state index in [9.17, 15) is 4.79 Å². The van der Waals surface area contributed by atoms with E-state index in [0.717, 1.165) is 20.5 Å². The molecule has 2 aromatic rings. The van der Waals surface area contributed by atoms with Gasteiger partial charge in [-0.3, -0.25) is 0 Å². The monoisotopic (exact) mass is 254 g/mol. The normalized spacial score (nSPS) is 10.7. The summed E-state index contributed by atoms with van der Waals surface area (Å²) in [4.78, 5) is 12.7. The van der Waals surface area contributed by atoms with Crippen molar-refractivity contribution in [2.45, 2.75) is 12.8 Å². The van der Waals surface area contributed by atoms with Crippen LogP contribution in [0.2, 0.25) is 0 Å². The summed E-state index contributed by atoms with van der Waals surface area (Å²) in [7, 11) is 1.39. The molecule has 0 saturated carbocycles. The van der Waals surface area contributed by atoms with Gasteiger partial charge in [0.05, 0.1) is 12.7 Å². The summed E-state index contributed by atoms with van der Waals surface area (Å²) in [5, 5.41) is 1.06. The van der Waals surface area contributed by atoms with Crippen LogP contribution in [-0.4, -0.2) is 13.1 Å². The fourth-order valence-corrected chi connectivity index (χ4v) is 3.32. The van der Waals surface area contributed by atoms with Crippen molar-refractivity contribution in [2.24, 2.45) is 0 Å². The number of hydrogen-bond acceptors (Lipinski definition) is 3. The van der Waals surface area contributed by atoms with Gasteiger partial charge in [0.2, 0.25) is 0 Å². The second kappa shape index (κ2) is 4.44. The predicted molar refractivity (Wildman–Crippen MR) is 67.5 cm³/mol. The summed E-state index contributed by atoms with van der Waals surface area (Å²) in [6.07, 6.45) is 0. The fourth-order valence-electron chi connectivity index (χ4n) is 1.73. The van der Waals surface area contributed by atoms with Crippen LogP contribution in [0.4, 0.5) is 0 Å². The number of fused-ring (bicyclic) bond motifs is 1. The standard InChI is InChI=1S/C12H11ClO2S/c1-7-10(6-13)8-4-3-5-9(11(8)16-7)12(14)15-2/h3-5H,6H2,1-2H3. The van der Waals surface area contributed by atoms with Gasteiger partial charge in [-0.25, -0.2) is 4.79 Å². The lowest BCUT2D eigenvalue weighted by atomic mass is 10.1. The van der Waals surface area contributed by atoms with E-state index in [1.54, 1.807) is 17.4 Å². The van der Waals surface area contributed by atoms with E-state index in [2.05, 4.69) is 0 Å². The highest BCUT2D eigenvalue weighted by molar-refractivity contribution is 7.19. The van der Waals surface area contributed by atoms with Gasteiger partial charge in [0.1, 0.15) is 0 Å². The van der Waals surface area contributed by atoms with Crippen LogP contribution in [0.15, 0.2) is 18.2 Å². The van der Waals surface area contributed by atoms with Gasteiger partial charge in [-0.15, -0.1) is 22.9 Å². The van der Waals surface area contributed by atoms with Gasteiger partial charge in [-0.05, 0) is 23.9 Å². The van der Waals surface area contributed by atoms with E-state index in [-0.39, 0.29) is 5.97 Å². The second-order valence-electron chi connectivity index (χ2n) is 3.44. The molecule has 2 rings (SSSR count). The summed E-state index contributed by atoms with van der Waals surface area (Å²) in [6, 6.07) is 5.63. The molecular formula is C12H11ClO2S. The molecule has 0 atom stereocenters. The van der Waals surface area contributed by atoms with Gasteiger partial charge in [0.25, 0.3) is 0 Å². The number of benzene rings is 1. The first-order valence-electron chi connectivity index (χ1n) is 4.84. The van der Waals surface area contributed by atoms with Crippen molar-refractivity contribution < 1.29 is 9.53 Å². The van der Waals surface area contributed by atoms with E-state index in [1.807, 2.05) is 19.1 Å². The van der Waals surface area contributed by atoms with Crippen LogP contribution in [0.5, 0.6) is 0 Å². The Morgan fingerprint density at radius 1 is 1.50 bits per heavy atom. The zero-order valence-electron chi connectivity index (χ0n) is 9.04. The molecule has 0 saturated heterocycles. The maximum Gasteiger partial charge on any atom is 0.339 e. The highest BCUT2D eigenvalue weighted by atomic mass is 35.5. The molecule has 0 N–H and O–H groups in total. The topological polar surface area (TPSA) is 26.3 Å². The van der Waals surface area contributed by atoms with Crippen molar-refractivity contribution in [3.63, 3.8) is 0 Å². The number of aryl methyl sites for hydroxylation is 1. The fraction of sp³-hybridized carbons (Fsp3) is 0.250. The Kier molecular flexibility index (Phi) is 3.17. The number of carbonyl (C=O) groups is 1. The molecule has 2 nitrogen and oxygen atoms in total. The first-order valence-corrected chi connectivity index (χ1v) is 6.19. The Bertz CT molecular complexity index is 545. The Balaban J connectivity index is 2.74. The molecule has 4 heteroatoms. The zero-order valence-corrected chi connectivity index (χ0v) is 10.6. The first-order chi connectivity index (χ1) is 7.69. The maximum absolute atomic E-state index is 11.6. The number of ether oxygens (including phenoxy) is 1. The molecule has 0 spiro atoms. The molecule has 0 bridgehead atoms. The van der Waals surface area contributed by atoms with Crippen molar-refractivity contribution in [3.05, 3.63) is 34.2 Å². The Labute approximate surface area is 103 Å². The van der Waals surface area contributed by atoms with Crippen LogP contribution < -0.4 is 0 Å². The summed E-state index contributed by atoms with van der Waals surface area (Å²) in [6.45, 7) is 2.02. The molecule has 0 unspecified atom stereocenters. The number of esters is 1. The van der Waals surface area contributed by atoms with Crippen molar-refractivity contribution in [3.8, 4) is 0 Å². The number of methoxy groups -OCH3 is 1. The van der Waals surface area contributed by atoms with Gasteiger partial charge < -0.3 is 4.74 Å². The van der Waals surface area contributed by atoms with Crippen LogP contribution >= 0.6 is 22.9 Å². The molecule has 0 aliphatic carbocycles. The number of rotatable bonds is 2. The minimum absolute atomic E-state index is 0.298. The lowest BCUT2D eigenvalue weighted by Crippen LogP contribution is -2.00. The first kappa shape index (κ1) is 11.4. The quantitative estimate of drug-likeness (QED) is 0.603. The molecule has 1 heterocycles. The van der Waals surface area contributed by atoms with Crippen LogP contribution in [-0.2, 0) is 10.6 Å². The van der Waals surface area contributed by atoms with Gasteiger partial charge in [-0.1, -0.05) is 12.1 Å². The number of thiophene rings is 1. The maximum atomic E-state index is 11.6. The molecule has 0 radical (unpaired) electrons. The number of halogens is 1. The molecule has 1 aromatic heterocycles. The third-order valence-corrected chi connectivity index (χ3v) is 4.02. The highest BCUT2D eigenvalue weighted by Crippen LogP contribution is 2.34. The SMILES string of the molecule is COC(=O)c1cccc2c(CCl)c(C)sc12. The van der Waals surface area contributed by atoms with Crippen LogP contribution in [0.25, 0.3) is 10.1 Å². The van der Waals surface area contributed by atoms with E-state index in [4.69, 9.17) is 16.3 Å². The molecule has 84 valence electrons. The molecule has 16 heavy (non-hydrogen) atoms. The number of alkyl halides is 1. The molecule has 1 aromatic carbocycles. The van der Waals surface area contributed by atoms with Gasteiger partial charge in [0.15, 0.2) is 0 Å². The van der Waals surface area contributed by atoms with E-state index < -0.39 is 0 Å². The molecule has 0 aliphatic rings. The van der Waals surface area contributed by atoms with E-state index in [1.165, 1.54) is 7.11 Å². The van der Waals surface area contributed by atoms with Gasteiger partial charge >= 0.3 is 5.97 Å². The van der Waals surface area contributed by atoms with Crippen molar-refractivity contribution in [1.82, 2.24) is 0 Å². The number of carbonyl (C=O) groups excluding carboxylic acids is 1. The molecule has 0 fully saturated rings. The van der Waals surface area contributed by atoms with Crippen molar-refractivity contribution in [2.75, 3.05) is 7.11 Å². The summed E-state index contributed by atoms with van der Waals surface area (Å²) >= 11 is 7.50.